The van der Waals surface area contributed by atoms with Gasteiger partial charge >= 0.3 is 0 Å². The summed E-state index contributed by atoms with van der Waals surface area (Å²) in [6.07, 6.45) is 0. The minimum absolute atomic E-state index is 0.934. The van der Waals surface area contributed by atoms with E-state index in [9.17, 15) is 0 Å². The molecule has 0 atom stereocenters. The van der Waals surface area contributed by atoms with Crippen molar-refractivity contribution in [3.8, 4) is 5.75 Å². The highest BCUT2D eigenvalue weighted by Crippen LogP contribution is 2.23. The standard InChI is InChI=1S/C20H23N3O/c1-24-18-7-4-5-16(13-18)15-22-9-11-23(12-10-22)20-14-17-6-2-3-8-19(17)21-20/h2-8,13-14,21H,9-12,15H2,1H3. The number of anilines is 1. The summed E-state index contributed by atoms with van der Waals surface area (Å²) in [6.45, 7) is 5.24. The summed E-state index contributed by atoms with van der Waals surface area (Å²) in [5.74, 6) is 2.17. The Morgan fingerprint density at radius 3 is 2.58 bits per heavy atom. The molecule has 1 aromatic heterocycles. The van der Waals surface area contributed by atoms with Crippen LogP contribution in [0, 0.1) is 0 Å². The quantitative estimate of drug-likeness (QED) is 0.798. The number of aromatic amines is 1. The van der Waals surface area contributed by atoms with Crippen molar-refractivity contribution >= 4 is 16.7 Å². The summed E-state index contributed by atoms with van der Waals surface area (Å²) in [5, 5.41) is 1.28. The number of fused-ring (bicyclic) bond motifs is 1. The van der Waals surface area contributed by atoms with Gasteiger partial charge in [0.25, 0.3) is 0 Å². The fraction of sp³-hybridized carbons (Fsp3) is 0.300. The first-order valence-electron chi connectivity index (χ1n) is 8.50. The molecular formula is C20H23N3O. The van der Waals surface area contributed by atoms with Crippen molar-refractivity contribution in [1.82, 2.24) is 9.88 Å². The number of H-pyrrole nitrogens is 1. The smallest absolute Gasteiger partial charge is 0.119 e. The molecule has 4 nitrogen and oxygen atoms in total. The zero-order chi connectivity index (χ0) is 16.4. The minimum Gasteiger partial charge on any atom is -0.497 e. The lowest BCUT2D eigenvalue weighted by atomic mass is 10.2. The maximum absolute atomic E-state index is 5.32. The molecule has 0 bridgehead atoms. The van der Waals surface area contributed by atoms with Gasteiger partial charge in [0.15, 0.2) is 0 Å². The van der Waals surface area contributed by atoms with E-state index in [0.29, 0.717) is 0 Å². The van der Waals surface area contributed by atoms with Crippen LogP contribution in [0.15, 0.2) is 54.6 Å². The van der Waals surface area contributed by atoms with Crippen LogP contribution in [0.4, 0.5) is 5.82 Å². The molecule has 0 saturated carbocycles. The maximum atomic E-state index is 5.32. The van der Waals surface area contributed by atoms with Crippen molar-refractivity contribution in [3.63, 3.8) is 0 Å². The topological polar surface area (TPSA) is 31.5 Å². The molecule has 0 radical (unpaired) electrons. The summed E-state index contributed by atoms with van der Waals surface area (Å²) in [5.41, 5.74) is 2.53. The molecule has 124 valence electrons. The van der Waals surface area contributed by atoms with Gasteiger partial charge in [-0.25, -0.2) is 0 Å². The van der Waals surface area contributed by atoms with E-state index in [2.05, 4.69) is 63.3 Å². The Kier molecular flexibility index (Phi) is 4.13. The van der Waals surface area contributed by atoms with Crippen molar-refractivity contribution in [2.45, 2.75) is 6.54 Å². The van der Waals surface area contributed by atoms with Crippen molar-refractivity contribution < 1.29 is 4.74 Å². The van der Waals surface area contributed by atoms with E-state index in [0.717, 1.165) is 38.5 Å². The molecule has 2 aromatic carbocycles. The molecule has 24 heavy (non-hydrogen) atoms. The Hall–Kier alpha value is -2.46. The maximum Gasteiger partial charge on any atom is 0.119 e. The van der Waals surface area contributed by atoms with Crippen molar-refractivity contribution in [2.75, 3.05) is 38.2 Å². The molecular weight excluding hydrogens is 298 g/mol. The number of piperazine rings is 1. The Balaban J connectivity index is 1.39. The largest absolute Gasteiger partial charge is 0.497 e. The van der Waals surface area contributed by atoms with Gasteiger partial charge in [-0.05, 0) is 29.8 Å². The summed E-state index contributed by atoms with van der Waals surface area (Å²) < 4.78 is 5.32. The first-order chi connectivity index (χ1) is 11.8. The van der Waals surface area contributed by atoms with Gasteiger partial charge in [0.1, 0.15) is 11.6 Å². The van der Waals surface area contributed by atoms with E-state index < -0.39 is 0 Å². The summed E-state index contributed by atoms with van der Waals surface area (Å²) in [4.78, 5) is 8.49. The zero-order valence-corrected chi connectivity index (χ0v) is 14.0. The van der Waals surface area contributed by atoms with E-state index in [1.165, 1.54) is 22.3 Å². The molecule has 1 saturated heterocycles. The second-order valence-corrected chi connectivity index (χ2v) is 6.36. The molecule has 0 aliphatic carbocycles. The number of benzene rings is 2. The third-order valence-electron chi connectivity index (χ3n) is 4.77. The van der Waals surface area contributed by atoms with Gasteiger partial charge < -0.3 is 14.6 Å². The molecule has 0 amide bonds. The second kappa shape index (κ2) is 6.57. The molecule has 0 spiro atoms. The van der Waals surface area contributed by atoms with Gasteiger partial charge in [-0.1, -0.05) is 30.3 Å². The minimum atomic E-state index is 0.934. The van der Waals surface area contributed by atoms with Crippen LogP contribution in [0.1, 0.15) is 5.56 Å². The van der Waals surface area contributed by atoms with E-state index in [1.54, 1.807) is 7.11 Å². The average Bonchev–Trinajstić information content (AvgIpc) is 3.06. The second-order valence-electron chi connectivity index (χ2n) is 6.36. The van der Waals surface area contributed by atoms with Crippen molar-refractivity contribution in [2.24, 2.45) is 0 Å². The number of ether oxygens (including phenoxy) is 1. The van der Waals surface area contributed by atoms with E-state index in [4.69, 9.17) is 4.74 Å². The third-order valence-corrected chi connectivity index (χ3v) is 4.77. The van der Waals surface area contributed by atoms with Crippen LogP contribution < -0.4 is 9.64 Å². The van der Waals surface area contributed by atoms with Gasteiger partial charge in [-0.15, -0.1) is 0 Å². The SMILES string of the molecule is COc1cccc(CN2CCN(c3cc4ccccc4[nH]3)CC2)c1. The van der Waals surface area contributed by atoms with Crippen LogP contribution in [0.3, 0.4) is 0 Å². The number of nitrogens with zero attached hydrogens (tertiary/aromatic N) is 2. The Morgan fingerprint density at radius 1 is 0.958 bits per heavy atom. The monoisotopic (exact) mass is 321 g/mol. The van der Waals surface area contributed by atoms with Crippen LogP contribution in [-0.2, 0) is 6.54 Å². The summed E-state index contributed by atoms with van der Waals surface area (Å²) in [7, 11) is 1.72. The molecule has 1 aliphatic heterocycles. The van der Waals surface area contributed by atoms with Crippen molar-refractivity contribution in [3.05, 3.63) is 60.2 Å². The lowest BCUT2D eigenvalue weighted by Gasteiger charge is -2.35. The predicted molar refractivity (Wildman–Crippen MR) is 98.8 cm³/mol. The molecule has 1 aliphatic rings. The predicted octanol–water partition coefficient (Wildman–Crippen LogP) is 3.50. The van der Waals surface area contributed by atoms with Crippen LogP contribution in [0.25, 0.3) is 10.9 Å². The van der Waals surface area contributed by atoms with Gasteiger partial charge in [0.2, 0.25) is 0 Å². The number of rotatable bonds is 4. The molecule has 4 heteroatoms. The highest BCUT2D eigenvalue weighted by Gasteiger charge is 2.18. The van der Waals surface area contributed by atoms with Crippen molar-refractivity contribution in [1.29, 1.82) is 0 Å². The number of para-hydroxylation sites is 1. The highest BCUT2D eigenvalue weighted by molar-refractivity contribution is 5.83. The van der Waals surface area contributed by atoms with E-state index in [1.807, 2.05) is 6.07 Å². The summed E-state index contributed by atoms with van der Waals surface area (Å²) >= 11 is 0. The number of methoxy groups -OCH3 is 1. The molecule has 0 unspecified atom stereocenters. The lowest BCUT2D eigenvalue weighted by molar-refractivity contribution is 0.249. The van der Waals surface area contributed by atoms with Crippen LogP contribution in [0.2, 0.25) is 0 Å². The van der Waals surface area contributed by atoms with Crippen LogP contribution >= 0.6 is 0 Å². The van der Waals surface area contributed by atoms with E-state index in [-0.39, 0.29) is 0 Å². The fourth-order valence-corrected chi connectivity index (χ4v) is 3.40. The molecule has 2 heterocycles. The molecule has 1 N–H and O–H groups in total. The zero-order valence-electron chi connectivity index (χ0n) is 14.0. The number of hydrogen-bond donors (Lipinski definition) is 1. The Morgan fingerprint density at radius 2 is 1.79 bits per heavy atom. The summed E-state index contributed by atoms with van der Waals surface area (Å²) in [6, 6.07) is 19.1. The molecule has 1 fully saturated rings. The number of aromatic nitrogens is 1. The Labute approximate surface area is 142 Å². The highest BCUT2D eigenvalue weighted by atomic mass is 16.5. The van der Waals surface area contributed by atoms with Crippen LogP contribution in [0.5, 0.6) is 5.75 Å². The first-order valence-corrected chi connectivity index (χ1v) is 8.50. The third kappa shape index (κ3) is 3.10. The average molecular weight is 321 g/mol. The van der Waals surface area contributed by atoms with Gasteiger partial charge in [0, 0.05) is 43.6 Å². The van der Waals surface area contributed by atoms with Gasteiger partial charge in [-0.2, -0.15) is 0 Å². The number of hydrogen-bond acceptors (Lipinski definition) is 3. The number of nitrogens with one attached hydrogen (secondary N) is 1. The lowest BCUT2D eigenvalue weighted by Crippen LogP contribution is -2.46. The van der Waals surface area contributed by atoms with Crippen LogP contribution in [-0.4, -0.2) is 43.2 Å². The van der Waals surface area contributed by atoms with Gasteiger partial charge in [-0.3, -0.25) is 4.90 Å². The normalized spacial score (nSPS) is 15.8. The fourth-order valence-electron chi connectivity index (χ4n) is 3.40. The van der Waals surface area contributed by atoms with E-state index >= 15 is 0 Å². The first kappa shape index (κ1) is 15.1. The molecule has 4 rings (SSSR count). The molecule has 3 aromatic rings. The Bertz CT molecular complexity index is 785. The van der Waals surface area contributed by atoms with Gasteiger partial charge in [0.05, 0.1) is 7.11 Å².